The molecule has 0 aliphatic heterocycles. The number of hydrogen-bond donors (Lipinski definition) is 1. The van der Waals surface area contributed by atoms with Crippen LogP contribution >= 0.6 is 0 Å². The van der Waals surface area contributed by atoms with Crippen molar-refractivity contribution in [1.29, 1.82) is 0 Å². The number of esters is 1. The molecule has 4 heteroatoms. The van der Waals surface area contributed by atoms with Gasteiger partial charge in [-0.3, -0.25) is 9.59 Å². The number of carbonyl (C=O) groups is 2. The minimum atomic E-state index is -0.795. The van der Waals surface area contributed by atoms with Gasteiger partial charge < -0.3 is 9.84 Å². The van der Waals surface area contributed by atoms with Crippen LogP contribution in [0.25, 0.3) is 0 Å². The fourth-order valence-corrected chi connectivity index (χ4v) is 4.64. The summed E-state index contributed by atoms with van der Waals surface area (Å²) >= 11 is 0. The molecule has 1 atom stereocenters. The van der Waals surface area contributed by atoms with Gasteiger partial charge >= 0.3 is 11.9 Å². The second-order valence-corrected chi connectivity index (χ2v) is 10.7. The largest absolute Gasteiger partial charge is 0.481 e. The number of aliphatic carboxylic acids is 1. The van der Waals surface area contributed by atoms with Gasteiger partial charge in [-0.25, -0.2) is 0 Å². The van der Waals surface area contributed by atoms with E-state index in [-0.39, 0.29) is 18.5 Å². The van der Waals surface area contributed by atoms with Gasteiger partial charge in [0.25, 0.3) is 0 Å². The molecule has 0 amide bonds. The van der Waals surface area contributed by atoms with E-state index < -0.39 is 5.97 Å². The maximum Gasteiger partial charge on any atom is 0.306 e. The van der Waals surface area contributed by atoms with Crippen molar-refractivity contribution in [1.82, 2.24) is 0 Å². The second-order valence-electron chi connectivity index (χ2n) is 10.7. The summed E-state index contributed by atoms with van der Waals surface area (Å²) in [5.41, 5.74) is 0. The average Bonchev–Trinajstić information content (AvgIpc) is 2.84. The van der Waals surface area contributed by atoms with Crippen LogP contribution in [0, 0.1) is 0 Å². The monoisotopic (exact) mass is 508 g/mol. The van der Waals surface area contributed by atoms with Gasteiger partial charge in [0.15, 0.2) is 0 Å². The Morgan fingerprint density at radius 3 is 1.47 bits per heavy atom. The molecule has 0 rings (SSSR count). The number of unbranched alkanes of at least 4 members (excludes halogenated alkanes) is 19. The topological polar surface area (TPSA) is 63.6 Å². The lowest BCUT2D eigenvalue weighted by Crippen LogP contribution is -2.15. The SMILES string of the molecule is CCCCCCCCCC/C=C\CCCCCCCCCCCCCC(=O)OC(C)CCCC(=O)O. The summed E-state index contributed by atoms with van der Waals surface area (Å²) in [7, 11) is 0. The normalized spacial score (nSPS) is 12.3. The molecule has 0 aromatic rings. The van der Waals surface area contributed by atoms with E-state index in [0.29, 0.717) is 19.3 Å². The highest BCUT2D eigenvalue weighted by Crippen LogP contribution is 2.14. The van der Waals surface area contributed by atoms with Crippen molar-refractivity contribution in [3.8, 4) is 0 Å². The summed E-state index contributed by atoms with van der Waals surface area (Å²) in [6, 6.07) is 0. The number of allylic oxidation sites excluding steroid dienone is 2. The highest BCUT2D eigenvalue weighted by molar-refractivity contribution is 5.69. The van der Waals surface area contributed by atoms with Gasteiger partial charge in [0.1, 0.15) is 0 Å². The lowest BCUT2D eigenvalue weighted by Gasteiger charge is -2.12. The van der Waals surface area contributed by atoms with E-state index in [1.165, 1.54) is 122 Å². The Balaban J connectivity index is 3.24. The van der Waals surface area contributed by atoms with Gasteiger partial charge in [-0.1, -0.05) is 122 Å². The number of hydrogen-bond acceptors (Lipinski definition) is 3. The molecule has 212 valence electrons. The molecule has 0 aromatic heterocycles. The van der Waals surface area contributed by atoms with Crippen LogP contribution in [-0.2, 0) is 14.3 Å². The molecule has 0 saturated carbocycles. The van der Waals surface area contributed by atoms with Gasteiger partial charge in [-0.05, 0) is 51.9 Å². The molecule has 4 nitrogen and oxygen atoms in total. The highest BCUT2D eigenvalue weighted by atomic mass is 16.5. The predicted molar refractivity (Wildman–Crippen MR) is 153 cm³/mol. The van der Waals surface area contributed by atoms with E-state index in [4.69, 9.17) is 9.84 Å². The van der Waals surface area contributed by atoms with Gasteiger partial charge in [-0.15, -0.1) is 0 Å². The van der Waals surface area contributed by atoms with E-state index in [9.17, 15) is 9.59 Å². The molecule has 0 spiro atoms. The Bertz CT molecular complexity index is 514. The van der Waals surface area contributed by atoms with Crippen LogP contribution in [0.4, 0.5) is 0 Å². The summed E-state index contributed by atoms with van der Waals surface area (Å²) in [6.07, 6.45) is 34.2. The van der Waals surface area contributed by atoms with Crippen LogP contribution in [-0.4, -0.2) is 23.1 Å². The van der Waals surface area contributed by atoms with Crippen molar-refractivity contribution < 1.29 is 19.4 Å². The van der Waals surface area contributed by atoms with Crippen LogP contribution in [0.5, 0.6) is 0 Å². The van der Waals surface area contributed by atoms with Crippen LogP contribution in [0.1, 0.15) is 174 Å². The van der Waals surface area contributed by atoms with Gasteiger partial charge in [0.2, 0.25) is 0 Å². The zero-order valence-corrected chi connectivity index (χ0v) is 24.1. The van der Waals surface area contributed by atoms with E-state index in [2.05, 4.69) is 19.1 Å². The zero-order valence-electron chi connectivity index (χ0n) is 24.1. The summed E-state index contributed by atoms with van der Waals surface area (Å²) in [6.45, 7) is 4.12. The summed E-state index contributed by atoms with van der Waals surface area (Å²) in [4.78, 5) is 22.3. The lowest BCUT2D eigenvalue weighted by atomic mass is 10.0. The Labute approximate surface area is 224 Å². The van der Waals surface area contributed by atoms with Crippen molar-refractivity contribution in [2.45, 2.75) is 180 Å². The van der Waals surface area contributed by atoms with Crippen molar-refractivity contribution in [2.24, 2.45) is 0 Å². The maximum atomic E-state index is 11.8. The molecule has 0 fully saturated rings. The Kier molecular flexibility index (Phi) is 27.2. The van der Waals surface area contributed by atoms with Crippen molar-refractivity contribution in [3.63, 3.8) is 0 Å². The average molecular weight is 509 g/mol. The third-order valence-corrected chi connectivity index (χ3v) is 6.98. The lowest BCUT2D eigenvalue weighted by molar-refractivity contribution is -0.148. The molecule has 0 aliphatic rings. The molecule has 0 aliphatic carbocycles. The van der Waals surface area contributed by atoms with Crippen molar-refractivity contribution >= 4 is 11.9 Å². The molecular weight excluding hydrogens is 448 g/mol. The van der Waals surface area contributed by atoms with Gasteiger partial charge in [-0.2, -0.15) is 0 Å². The highest BCUT2D eigenvalue weighted by Gasteiger charge is 2.10. The second kappa shape index (κ2) is 28.3. The first kappa shape index (κ1) is 34.7. The first-order valence-electron chi connectivity index (χ1n) is 15.6. The predicted octanol–water partition coefficient (Wildman–Crippen LogP) is 10.3. The van der Waals surface area contributed by atoms with Gasteiger partial charge in [0.05, 0.1) is 6.10 Å². The smallest absolute Gasteiger partial charge is 0.306 e. The number of carboxylic acid groups (broad SMARTS) is 1. The Morgan fingerprint density at radius 1 is 0.611 bits per heavy atom. The summed E-state index contributed by atoms with van der Waals surface area (Å²) in [5, 5.41) is 8.64. The molecule has 36 heavy (non-hydrogen) atoms. The van der Waals surface area contributed by atoms with E-state index in [1.807, 2.05) is 6.92 Å². The molecule has 1 N–H and O–H groups in total. The molecule has 0 radical (unpaired) electrons. The van der Waals surface area contributed by atoms with Crippen LogP contribution in [0.15, 0.2) is 12.2 Å². The quantitative estimate of drug-likeness (QED) is 0.0648. The van der Waals surface area contributed by atoms with Crippen LogP contribution in [0.3, 0.4) is 0 Å². The molecule has 0 heterocycles. The molecular formula is C32H60O4. The van der Waals surface area contributed by atoms with E-state index >= 15 is 0 Å². The minimum Gasteiger partial charge on any atom is -0.481 e. The van der Waals surface area contributed by atoms with Crippen LogP contribution < -0.4 is 0 Å². The molecule has 0 aromatic carbocycles. The van der Waals surface area contributed by atoms with Crippen molar-refractivity contribution in [2.75, 3.05) is 0 Å². The zero-order chi connectivity index (χ0) is 26.5. The summed E-state index contributed by atoms with van der Waals surface area (Å²) < 4.78 is 5.35. The van der Waals surface area contributed by atoms with Gasteiger partial charge in [0, 0.05) is 12.8 Å². The first-order chi connectivity index (χ1) is 17.6. The molecule has 1 unspecified atom stereocenters. The van der Waals surface area contributed by atoms with E-state index in [1.54, 1.807) is 0 Å². The number of carbonyl (C=O) groups excluding carboxylic acids is 1. The van der Waals surface area contributed by atoms with E-state index in [0.717, 1.165) is 12.8 Å². The Morgan fingerprint density at radius 2 is 1.03 bits per heavy atom. The number of ether oxygens (including phenoxy) is 1. The van der Waals surface area contributed by atoms with Crippen LogP contribution in [0.2, 0.25) is 0 Å². The maximum absolute atomic E-state index is 11.8. The fraction of sp³-hybridized carbons (Fsp3) is 0.875. The van der Waals surface area contributed by atoms with Crippen molar-refractivity contribution in [3.05, 3.63) is 12.2 Å². The summed E-state index contributed by atoms with van der Waals surface area (Å²) in [5.74, 6) is -0.937. The fourth-order valence-electron chi connectivity index (χ4n) is 4.64. The standard InChI is InChI=1S/C32H60O4/c1-3-4-5-6-7-8-9-10-11-12-13-14-15-16-17-18-19-20-21-22-23-24-25-29-32(35)36-30(2)27-26-28-31(33)34/h12-13,30H,3-11,14-29H2,1-2H3,(H,33,34)/b13-12-. The molecule has 0 saturated heterocycles. The third-order valence-electron chi connectivity index (χ3n) is 6.98. The number of rotatable bonds is 28. The first-order valence-corrected chi connectivity index (χ1v) is 15.6. The third kappa shape index (κ3) is 28.9. The molecule has 0 bridgehead atoms. The Hall–Kier alpha value is -1.32. The number of carboxylic acids is 1. The minimum absolute atomic E-state index is 0.138.